The summed E-state index contributed by atoms with van der Waals surface area (Å²) in [6.07, 6.45) is 0.621. The van der Waals surface area contributed by atoms with Crippen molar-refractivity contribution in [1.29, 1.82) is 0 Å². The van der Waals surface area contributed by atoms with E-state index in [1.54, 1.807) is 36.6 Å². The van der Waals surface area contributed by atoms with Gasteiger partial charge in [0.2, 0.25) is 0 Å². The molecular formula is C22H18F2O2. The number of benzene rings is 3. The van der Waals surface area contributed by atoms with Gasteiger partial charge in [-0.05, 0) is 46.5 Å². The molecule has 0 heterocycles. The first-order chi connectivity index (χ1) is 12.6. The van der Waals surface area contributed by atoms with E-state index >= 15 is 0 Å². The van der Waals surface area contributed by atoms with E-state index in [-0.39, 0.29) is 11.6 Å². The van der Waals surface area contributed by atoms with Crippen LogP contribution in [0.2, 0.25) is 0 Å². The third-order valence-electron chi connectivity index (χ3n) is 4.12. The van der Waals surface area contributed by atoms with Gasteiger partial charge in [0.05, 0.1) is 13.4 Å². The van der Waals surface area contributed by atoms with Crippen molar-refractivity contribution in [3.05, 3.63) is 113 Å². The van der Waals surface area contributed by atoms with Gasteiger partial charge < -0.3 is 9.84 Å². The Hall–Kier alpha value is -2.98. The summed E-state index contributed by atoms with van der Waals surface area (Å²) in [6, 6.07) is 19.1. The summed E-state index contributed by atoms with van der Waals surface area (Å²) in [5.74, 6) is -0.689. The fourth-order valence-corrected chi connectivity index (χ4v) is 2.84. The lowest BCUT2D eigenvalue weighted by Gasteiger charge is -2.18. The SMILES string of the molecule is CO/C=C(\c1ccc(F)cc1)c1ccccc1C(O)c1ccc(F)cc1. The molecule has 26 heavy (non-hydrogen) atoms. The van der Waals surface area contributed by atoms with E-state index in [0.717, 1.165) is 11.1 Å². The van der Waals surface area contributed by atoms with Crippen LogP contribution in [-0.2, 0) is 4.74 Å². The van der Waals surface area contributed by atoms with Crippen molar-refractivity contribution >= 4 is 5.57 Å². The van der Waals surface area contributed by atoms with Crippen LogP contribution in [0.15, 0.2) is 79.1 Å². The third kappa shape index (κ3) is 3.81. The van der Waals surface area contributed by atoms with Crippen molar-refractivity contribution in [1.82, 2.24) is 0 Å². The van der Waals surface area contributed by atoms with Gasteiger partial charge in [0.15, 0.2) is 0 Å². The van der Waals surface area contributed by atoms with Crippen LogP contribution in [0.5, 0.6) is 0 Å². The van der Waals surface area contributed by atoms with Gasteiger partial charge in [0, 0.05) is 5.57 Å². The lowest BCUT2D eigenvalue weighted by atomic mass is 9.90. The minimum atomic E-state index is -0.937. The Balaban J connectivity index is 2.08. The molecule has 0 aliphatic rings. The van der Waals surface area contributed by atoms with E-state index in [9.17, 15) is 13.9 Å². The van der Waals surface area contributed by atoms with E-state index in [1.807, 2.05) is 18.2 Å². The largest absolute Gasteiger partial charge is 0.504 e. The van der Waals surface area contributed by atoms with Crippen LogP contribution in [0.4, 0.5) is 8.78 Å². The Bertz CT molecular complexity index is 900. The Kier molecular flexibility index (Phi) is 5.44. The van der Waals surface area contributed by atoms with Crippen molar-refractivity contribution < 1.29 is 18.6 Å². The van der Waals surface area contributed by atoms with Crippen molar-refractivity contribution in [2.24, 2.45) is 0 Å². The highest BCUT2D eigenvalue weighted by Crippen LogP contribution is 2.32. The normalized spacial score (nSPS) is 12.7. The molecule has 3 aromatic rings. The van der Waals surface area contributed by atoms with Gasteiger partial charge in [-0.15, -0.1) is 0 Å². The van der Waals surface area contributed by atoms with E-state index in [0.29, 0.717) is 16.7 Å². The summed E-state index contributed by atoms with van der Waals surface area (Å²) >= 11 is 0. The lowest BCUT2D eigenvalue weighted by Crippen LogP contribution is -2.04. The predicted molar refractivity (Wildman–Crippen MR) is 97.4 cm³/mol. The molecule has 0 bridgehead atoms. The molecule has 0 saturated heterocycles. The first-order valence-corrected chi connectivity index (χ1v) is 8.12. The number of aliphatic hydroxyl groups is 1. The highest BCUT2D eigenvalue weighted by atomic mass is 19.1. The van der Waals surface area contributed by atoms with Crippen LogP contribution in [-0.4, -0.2) is 12.2 Å². The second-order valence-electron chi connectivity index (χ2n) is 5.82. The van der Waals surface area contributed by atoms with Gasteiger partial charge in [0.1, 0.15) is 17.7 Å². The number of halogens is 2. The molecule has 0 radical (unpaired) electrons. The van der Waals surface area contributed by atoms with Crippen LogP contribution in [0.1, 0.15) is 28.4 Å². The second-order valence-corrected chi connectivity index (χ2v) is 5.82. The van der Waals surface area contributed by atoms with E-state index < -0.39 is 6.10 Å². The first kappa shape index (κ1) is 17.8. The Morgan fingerprint density at radius 1 is 0.885 bits per heavy atom. The predicted octanol–water partition coefficient (Wildman–Crippen LogP) is 5.08. The number of rotatable bonds is 5. The zero-order valence-electron chi connectivity index (χ0n) is 14.2. The quantitative estimate of drug-likeness (QED) is 0.649. The van der Waals surface area contributed by atoms with Gasteiger partial charge >= 0.3 is 0 Å². The molecule has 1 unspecified atom stereocenters. The molecule has 0 saturated carbocycles. The average Bonchev–Trinajstić information content (AvgIpc) is 2.67. The van der Waals surface area contributed by atoms with Crippen molar-refractivity contribution in [2.75, 3.05) is 7.11 Å². The molecule has 0 aliphatic heterocycles. The van der Waals surface area contributed by atoms with Crippen LogP contribution in [0, 0.1) is 11.6 Å². The molecule has 0 aliphatic carbocycles. The molecule has 132 valence electrons. The summed E-state index contributed by atoms with van der Waals surface area (Å²) in [5, 5.41) is 10.8. The topological polar surface area (TPSA) is 29.5 Å². The van der Waals surface area contributed by atoms with Gasteiger partial charge in [0.25, 0.3) is 0 Å². The number of methoxy groups -OCH3 is 1. The van der Waals surface area contributed by atoms with E-state index in [4.69, 9.17) is 4.74 Å². The average molecular weight is 352 g/mol. The number of hydrogen-bond acceptors (Lipinski definition) is 2. The molecule has 3 rings (SSSR count). The molecule has 3 aromatic carbocycles. The molecule has 0 aromatic heterocycles. The van der Waals surface area contributed by atoms with E-state index in [1.165, 1.54) is 31.4 Å². The first-order valence-electron chi connectivity index (χ1n) is 8.12. The smallest absolute Gasteiger partial charge is 0.123 e. The van der Waals surface area contributed by atoms with Gasteiger partial charge in [-0.1, -0.05) is 48.5 Å². The van der Waals surface area contributed by atoms with E-state index in [2.05, 4.69) is 0 Å². The lowest BCUT2D eigenvalue weighted by molar-refractivity contribution is 0.220. The zero-order valence-corrected chi connectivity index (χ0v) is 14.2. The highest BCUT2D eigenvalue weighted by Gasteiger charge is 2.18. The van der Waals surface area contributed by atoms with Crippen LogP contribution < -0.4 is 0 Å². The minimum absolute atomic E-state index is 0.329. The summed E-state index contributed by atoms with van der Waals surface area (Å²) < 4.78 is 31.7. The Morgan fingerprint density at radius 3 is 2.08 bits per heavy atom. The molecule has 1 atom stereocenters. The Labute approximate surface area is 151 Å². The maximum atomic E-state index is 13.3. The van der Waals surface area contributed by atoms with Crippen LogP contribution in [0.25, 0.3) is 5.57 Å². The molecular weight excluding hydrogens is 334 g/mol. The monoisotopic (exact) mass is 352 g/mol. The fourth-order valence-electron chi connectivity index (χ4n) is 2.84. The van der Waals surface area contributed by atoms with Crippen LogP contribution >= 0.6 is 0 Å². The fraction of sp³-hybridized carbons (Fsp3) is 0.0909. The highest BCUT2D eigenvalue weighted by molar-refractivity contribution is 5.81. The van der Waals surface area contributed by atoms with Crippen molar-refractivity contribution in [3.63, 3.8) is 0 Å². The summed E-state index contributed by atoms with van der Waals surface area (Å²) in [7, 11) is 1.53. The molecule has 1 N–H and O–H groups in total. The maximum Gasteiger partial charge on any atom is 0.123 e. The number of hydrogen-bond donors (Lipinski definition) is 1. The summed E-state index contributed by atoms with van der Waals surface area (Å²) in [4.78, 5) is 0. The second kappa shape index (κ2) is 7.93. The van der Waals surface area contributed by atoms with Crippen LogP contribution in [0.3, 0.4) is 0 Å². The van der Waals surface area contributed by atoms with Gasteiger partial charge in [-0.25, -0.2) is 8.78 Å². The van der Waals surface area contributed by atoms with Gasteiger partial charge in [-0.2, -0.15) is 0 Å². The zero-order chi connectivity index (χ0) is 18.5. The molecule has 2 nitrogen and oxygen atoms in total. The number of aliphatic hydroxyl groups excluding tert-OH is 1. The van der Waals surface area contributed by atoms with Gasteiger partial charge in [-0.3, -0.25) is 0 Å². The molecule has 0 fully saturated rings. The van der Waals surface area contributed by atoms with Crippen molar-refractivity contribution in [3.8, 4) is 0 Å². The Morgan fingerprint density at radius 2 is 1.46 bits per heavy atom. The molecule has 4 heteroatoms. The minimum Gasteiger partial charge on any atom is -0.504 e. The molecule has 0 amide bonds. The maximum absolute atomic E-state index is 13.3. The summed E-state index contributed by atoms with van der Waals surface area (Å²) in [6.45, 7) is 0. The standard InChI is InChI=1S/C22H18F2O2/c1-26-14-21(15-6-10-17(23)11-7-15)19-4-2-3-5-20(19)22(25)16-8-12-18(24)13-9-16/h2-14,22,25H,1H3/b21-14+. The summed E-state index contributed by atoms with van der Waals surface area (Å²) in [5.41, 5.74) is 3.44. The van der Waals surface area contributed by atoms with Crippen molar-refractivity contribution in [2.45, 2.75) is 6.10 Å². The third-order valence-corrected chi connectivity index (χ3v) is 4.12. The molecule has 0 spiro atoms. The number of ether oxygens (including phenoxy) is 1.